The highest BCUT2D eigenvalue weighted by Crippen LogP contribution is 2.21. The molecule has 0 bridgehead atoms. The van der Waals surface area contributed by atoms with Crippen molar-refractivity contribution in [3.05, 3.63) is 53.6 Å². The number of carbonyl (C=O) groups is 1. The molecule has 0 spiro atoms. The van der Waals surface area contributed by atoms with Gasteiger partial charge in [-0.15, -0.1) is 0 Å². The van der Waals surface area contributed by atoms with Gasteiger partial charge in [-0.2, -0.15) is 0 Å². The maximum absolute atomic E-state index is 12.2. The number of anilines is 2. The van der Waals surface area contributed by atoms with Crippen LogP contribution in [0.5, 0.6) is 5.75 Å². The molecule has 0 saturated carbocycles. The third kappa shape index (κ3) is 4.87. The fourth-order valence-corrected chi connectivity index (χ4v) is 3.10. The predicted molar refractivity (Wildman–Crippen MR) is 102 cm³/mol. The van der Waals surface area contributed by atoms with E-state index in [1.807, 2.05) is 42.5 Å². The van der Waals surface area contributed by atoms with Crippen molar-refractivity contribution in [2.45, 2.75) is 0 Å². The standard InChI is InChI=1S/C19H22ClN3O2/c1-25-18-7-5-16(6-8-18)21-19(24)14-22-9-11-23(12-10-22)17-4-2-3-15(20)13-17/h2-8,13H,9-12,14H2,1H3,(H,21,24). The number of halogens is 1. The first-order chi connectivity index (χ1) is 12.1. The Hall–Kier alpha value is -2.24. The van der Waals surface area contributed by atoms with Gasteiger partial charge in [0.1, 0.15) is 5.75 Å². The van der Waals surface area contributed by atoms with Crippen LogP contribution in [0, 0.1) is 0 Å². The highest BCUT2D eigenvalue weighted by atomic mass is 35.5. The number of carbonyl (C=O) groups excluding carboxylic acids is 1. The van der Waals surface area contributed by atoms with Crippen LogP contribution in [0.25, 0.3) is 0 Å². The van der Waals surface area contributed by atoms with Crippen LogP contribution in [0.15, 0.2) is 48.5 Å². The summed E-state index contributed by atoms with van der Waals surface area (Å²) in [6.45, 7) is 3.87. The summed E-state index contributed by atoms with van der Waals surface area (Å²) in [4.78, 5) is 16.7. The summed E-state index contributed by atoms with van der Waals surface area (Å²) in [6, 6.07) is 15.2. The molecule has 1 saturated heterocycles. The van der Waals surface area contributed by atoms with Crippen LogP contribution in [-0.4, -0.2) is 50.6 Å². The molecule has 132 valence electrons. The maximum atomic E-state index is 12.2. The zero-order chi connectivity index (χ0) is 17.6. The Kier molecular flexibility index (Phi) is 5.79. The van der Waals surface area contributed by atoms with Crippen molar-refractivity contribution in [2.24, 2.45) is 0 Å². The molecule has 0 aromatic heterocycles. The topological polar surface area (TPSA) is 44.8 Å². The molecule has 3 rings (SSSR count). The van der Waals surface area contributed by atoms with E-state index >= 15 is 0 Å². The third-order valence-corrected chi connectivity index (χ3v) is 4.52. The molecule has 5 nitrogen and oxygen atoms in total. The van der Waals surface area contributed by atoms with Crippen LogP contribution in [0.3, 0.4) is 0 Å². The van der Waals surface area contributed by atoms with Crippen molar-refractivity contribution in [1.29, 1.82) is 0 Å². The fourth-order valence-electron chi connectivity index (χ4n) is 2.91. The van der Waals surface area contributed by atoms with Gasteiger partial charge in [0, 0.05) is 42.6 Å². The molecular formula is C19H22ClN3O2. The van der Waals surface area contributed by atoms with Crippen LogP contribution in [-0.2, 0) is 4.79 Å². The van der Waals surface area contributed by atoms with E-state index < -0.39 is 0 Å². The quantitative estimate of drug-likeness (QED) is 0.891. The minimum atomic E-state index is 0.00127. The van der Waals surface area contributed by atoms with Crippen LogP contribution in [0.4, 0.5) is 11.4 Å². The highest BCUT2D eigenvalue weighted by molar-refractivity contribution is 6.30. The summed E-state index contributed by atoms with van der Waals surface area (Å²) in [5.41, 5.74) is 1.91. The molecule has 0 radical (unpaired) electrons. The first-order valence-electron chi connectivity index (χ1n) is 8.31. The molecule has 6 heteroatoms. The van der Waals surface area contributed by atoms with Crippen LogP contribution >= 0.6 is 11.6 Å². The van der Waals surface area contributed by atoms with Gasteiger partial charge in [-0.05, 0) is 42.5 Å². The minimum absolute atomic E-state index is 0.00127. The van der Waals surface area contributed by atoms with Crippen molar-refractivity contribution < 1.29 is 9.53 Å². The van der Waals surface area contributed by atoms with Crippen LogP contribution in [0.2, 0.25) is 5.02 Å². The van der Waals surface area contributed by atoms with E-state index in [0.717, 1.165) is 48.3 Å². The average molecular weight is 360 g/mol. The van der Waals surface area contributed by atoms with Gasteiger partial charge in [-0.1, -0.05) is 17.7 Å². The lowest BCUT2D eigenvalue weighted by molar-refractivity contribution is -0.117. The number of piperazine rings is 1. The van der Waals surface area contributed by atoms with Crippen molar-refractivity contribution in [1.82, 2.24) is 4.90 Å². The van der Waals surface area contributed by atoms with Crippen LogP contribution < -0.4 is 15.0 Å². The number of methoxy groups -OCH3 is 1. The molecule has 1 amide bonds. The van der Waals surface area contributed by atoms with Crippen molar-refractivity contribution in [3.63, 3.8) is 0 Å². The van der Waals surface area contributed by atoms with E-state index in [1.165, 1.54) is 0 Å². The zero-order valence-corrected chi connectivity index (χ0v) is 15.0. The molecular weight excluding hydrogens is 338 g/mol. The SMILES string of the molecule is COc1ccc(NC(=O)CN2CCN(c3cccc(Cl)c3)CC2)cc1. The molecule has 1 heterocycles. The second-order valence-electron chi connectivity index (χ2n) is 6.02. The Bertz CT molecular complexity index is 713. The molecule has 0 aliphatic carbocycles. The number of benzene rings is 2. The number of hydrogen-bond donors (Lipinski definition) is 1. The summed E-state index contributed by atoms with van der Waals surface area (Å²) < 4.78 is 5.12. The molecule has 1 aliphatic heterocycles. The molecule has 1 aliphatic rings. The molecule has 0 unspecified atom stereocenters. The predicted octanol–water partition coefficient (Wildman–Crippen LogP) is 3.11. The van der Waals surface area contributed by atoms with Gasteiger partial charge >= 0.3 is 0 Å². The second-order valence-corrected chi connectivity index (χ2v) is 6.46. The lowest BCUT2D eigenvalue weighted by atomic mass is 10.2. The summed E-state index contributed by atoms with van der Waals surface area (Å²) in [5.74, 6) is 0.775. The normalized spacial score (nSPS) is 15.0. The van der Waals surface area contributed by atoms with Gasteiger partial charge in [-0.3, -0.25) is 9.69 Å². The van der Waals surface area contributed by atoms with E-state index in [1.54, 1.807) is 7.11 Å². The number of ether oxygens (including phenoxy) is 1. The Morgan fingerprint density at radius 3 is 2.48 bits per heavy atom. The monoisotopic (exact) mass is 359 g/mol. The Labute approximate surface area is 153 Å². The van der Waals surface area contributed by atoms with Gasteiger partial charge in [0.2, 0.25) is 5.91 Å². The molecule has 2 aromatic rings. The molecule has 2 aromatic carbocycles. The molecule has 1 fully saturated rings. The van der Waals surface area contributed by atoms with Crippen molar-refractivity contribution >= 4 is 28.9 Å². The van der Waals surface area contributed by atoms with Crippen molar-refractivity contribution in [3.8, 4) is 5.75 Å². The lowest BCUT2D eigenvalue weighted by Crippen LogP contribution is -2.48. The second kappa shape index (κ2) is 8.23. The number of nitrogens with one attached hydrogen (secondary N) is 1. The Morgan fingerprint density at radius 1 is 1.12 bits per heavy atom. The van der Waals surface area contributed by atoms with E-state index in [2.05, 4.69) is 21.2 Å². The van der Waals surface area contributed by atoms with Crippen molar-refractivity contribution in [2.75, 3.05) is 50.1 Å². The van der Waals surface area contributed by atoms with Gasteiger partial charge in [-0.25, -0.2) is 0 Å². The summed E-state index contributed by atoms with van der Waals surface area (Å²) >= 11 is 6.06. The van der Waals surface area contributed by atoms with E-state index in [4.69, 9.17) is 16.3 Å². The number of amides is 1. The smallest absolute Gasteiger partial charge is 0.238 e. The number of nitrogens with zero attached hydrogens (tertiary/aromatic N) is 2. The van der Waals surface area contributed by atoms with E-state index in [9.17, 15) is 4.79 Å². The van der Waals surface area contributed by atoms with Gasteiger partial charge in [0.15, 0.2) is 0 Å². The fraction of sp³-hybridized carbons (Fsp3) is 0.316. The maximum Gasteiger partial charge on any atom is 0.238 e. The summed E-state index contributed by atoms with van der Waals surface area (Å²) in [7, 11) is 1.62. The first kappa shape index (κ1) is 17.6. The summed E-state index contributed by atoms with van der Waals surface area (Å²) in [6.07, 6.45) is 0. The first-order valence-corrected chi connectivity index (χ1v) is 8.68. The van der Waals surface area contributed by atoms with Gasteiger partial charge in [0.25, 0.3) is 0 Å². The van der Waals surface area contributed by atoms with E-state index in [-0.39, 0.29) is 5.91 Å². The number of rotatable bonds is 5. The molecule has 0 atom stereocenters. The lowest BCUT2D eigenvalue weighted by Gasteiger charge is -2.35. The molecule has 25 heavy (non-hydrogen) atoms. The van der Waals surface area contributed by atoms with Gasteiger partial charge < -0.3 is 15.0 Å². The largest absolute Gasteiger partial charge is 0.497 e. The third-order valence-electron chi connectivity index (χ3n) is 4.29. The number of hydrogen-bond acceptors (Lipinski definition) is 4. The highest BCUT2D eigenvalue weighted by Gasteiger charge is 2.19. The Morgan fingerprint density at radius 2 is 1.84 bits per heavy atom. The van der Waals surface area contributed by atoms with E-state index in [0.29, 0.717) is 6.54 Å². The zero-order valence-electron chi connectivity index (χ0n) is 14.2. The Balaban J connectivity index is 1.47. The molecule has 1 N–H and O–H groups in total. The van der Waals surface area contributed by atoms with Crippen LogP contribution in [0.1, 0.15) is 0 Å². The average Bonchev–Trinajstić information content (AvgIpc) is 2.63. The minimum Gasteiger partial charge on any atom is -0.497 e. The summed E-state index contributed by atoms with van der Waals surface area (Å²) in [5, 5.41) is 3.67. The van der Waals surface area contributed by atoms with Gasteiger partial charge in [0.05, 0.1) is 13.7 Å².